The Bertz CT molecular complexity index is 636. The Morgan fingerprint density at radius 3 is 2.24 bits per heavy atom. The second-order valence-corrected chi connectivity index (χ2v) is 6.56. The quantitative estimate of drug-likeness (QED) is 0.628. The second-order valence-electron chi connectivity index (χ2n) is 6.56. The van der Waals surface area contributed by atoms with Gasteiger partial charge in [-0.05, 0) is 34.1 Å². The van der Waals surface area contributed by atoms with Crippen LogP contribution in [0.2, 0.25) is 0 Å². The zero-order chi connectivity index (χ0) is 15.5. The number of hydrogen-bond acceptors (Lipinski definition) is 1. The third kappa shape index (κ3) is 4.19. The van der Waals surface area contributed by atoms with Gasteiger partial charge < -0.3 is 5.73 Å². The van der Waals surface area contributed by atoms with Crippen molar-refractivity contribution >= 4 is 5.84 Å². The summed E-state index contributed by atoms with van der Waals surface area (Å²) in [5.74, 6) is 0.245. The average Bonchev–Trinajstić information content (AvgIpc) is 2.45. The first-order valence-corrected chi connectivity index (χ1v) is 7.39. The van der Waals surface area contributed by atoms with Gasteiger partial charge in [0.25, 0.3) is 0 Å². The summed E-state index contributed by atoms with van der Waals surface area (Å²) < 4.78 is 0. The van der Waals surface area contributed by atoms with E-state index in [1.165, 1.54) is 22.3 Å². The van der Waals surface area contributed by atoms with E-state index in [1.807, 2.05) is 0 Å². The summed E-state index contributed by atoms with van der Waals surface area (Å²) in [4.78, 5) is 0. The predicted octanol–water partition coefficient (Wildman–Crippen LogP) is 4.52. The summed E-state index contributed by atoms with van der Waals surface area (Å²) >= 11 is 0. The normalized spacial score (nSPS) is 11.4. The molecule has 0 atom stereocenters. The Kier molecular flexibility index (Phi) is 4.46. The molecular weight excluding hydrogens is 256 g/mol. The van der Waals surface area contributed by atoms with Crippen molar-refractivity contribution < 1.29 is 0 Å². The van der Waals surface area contributed by atoms with Crippen LogP contribution in [0.3, 0.4) is 0 Å². The number of aryl methyl sites for hydroxylation is 1. The average molecular weight is 280 g/mol. The molecule has 0 aromatic heterocycles. The molecule has 2 nitrogen and oxygen atoms in total. The van der Waals surface area contributed by atoms with E-state index in [2.05, 4.69) is 69.3 Å². The van der Waals surface area contributed by atoms with Crippen LogP contribution in [0.15, 0.2) is 48.5 Å². The van der Waals surface area contributed by atoms with Crippen LogP contribution in [0.5, 0.6) is 0 Å². The Morgan fingerprint density at radius 2 is 1.62 bits per heavy atom. The third-order valence-electron chi connectivity index (χ3n) is 3.67. The number of benzene rings is 2. The molecular formula is C19H24N2. The van der Waals surface area contributed by atoms with Crippen molar-refractivity contribution in [2.45, 2.75) is 39.0 Å². The fraction of sp³-hybridized carbons (Fsp3) is 0.316. The highest BCUT2D eigenvalue weighted by atomic mass is 14.7. The molecule has 0 spiro atoms. The number of rotatable bonds is 4. The Labute approximate surface area is 127 Å². The molecule has 110 valence electrons. The molecule has 2 heteroatoms. The molecule has 0 fully saturated rings. The smallest absolute Gasteiger partial charge is 0.0908 e. The highest BCUT2D eigenvalue weighted by molar-refractivity contribution is 5.77. The summed E-state index contributed by atoms with van der Waals surface area (Å²) in [6.45, 7) is 6.69. The van der Waals surface area contributed by atoms with Crippen LogP contribution >= 0.6 is 0 Å². The molecule has 21 heavy (non-hydrogen) atoms. The summed E-state index contributed by atoms with van der Waals surface area (Å²) in [6.07, 6.45) is 1.44. The number of nitrogens with one attached hydrogen (secondary N) is 1. The van der Waals surface area contributed by atoms with E-state index in [-0.39, 0.29) is 11.3 Å². The topological polar surface area (TPSA) is 49.9 Å². The van der Waals surface area contributed by atoms with Gasteiger partial charge in [0.05, 0.1) is 5.84 Å². The predicted molar refractivity (Wildman–Crippen MR) is 90.8 cm³/mol. The van der Waals surface area contributed by atoms with Gasteiger partial charge in [-0.25, -0.2) is 0 Å². The molecule has 0 aliphatic rings. The van der Waals surface area contributed by atoms with Gasteiger partial charge >= 0.3 is 0 Å². The molecule has 3 N–H and O–H groups in total. The minimum Gasteiger partial charge on any atom is -0.388 e. The standard InChI is InChI=1S/C19H24N2/c1-19(2,3)17-9-5-8-16(13-17)15-7-4-6-14(12-15)10-11-18(20)21/h4-9,12-13H,10-11H2,1-3H3,(H3,20,21). The molecule has 0 radical (unpaired) electrons. The van der Waals surface area contributed by atoms with Gasteiger partial charge in [0.2, 0.25) is 0 Å². The van der Waals surface area contributed by atoms with Crippen molar-refractivity contribution in [3.63, 3.8) is 0 Å². The van der Waals surface area contributed by atoms with Gasteiger partial charge in [0, 0.05) is 6.42 Å². The molecule has 2 rings (SSSR count). The first-order chi connectivity index (χ1) is 9.86. The van der Waals surface area contributed by atoms with Crippen molar-refractivity contribution in [1.29, 1.82) is 5.41 Å². The summed E-state index contributed by atoms with van der Waals surface area (Å²) in [5.41, 5.74) is 10.6. The first kappa shape index (κ1) is 15.3. The summed E-state index contributed by atoms with van der Waals surface area (Å²) in [5, 5.41) is 7.34. The van der Waals surface area contributed by atoms with Crippen LogP contribution in [0, 0.1) is 5.41 Å². The summed E-state index contributed by atoms with van der Waals surface area (Å²) in [6, 6.07) is 17.2. The minimum absolute atomic E-state index is 0.155. The van der Waals surface area contributed by atoms with Gasteiger partial charge in [0.15, 0.2) is 0 Å². The number of amidine groups is 1. The summed E-state index contributed by atoms with van der Waals surface area (Å²) in [7, 11) is 0. The molecule has 2 aromatic carbocycles. The van der Waals surface area contributed by atoms with Crippen molar-refractivity contribution in [2.75, 3.05) is 0 Å². The van der Waals surface area contributed by atoms with E-state index in [9.17, 15) is 0 Å². The largest absolute Gasteiger partial charge is 0.388 e. The Hall–Kier alpha value is -2.09. The molecule has 0 bridgehead atoms. The van der Waals surface area contributed by atoms with Crippen molar-refractivity contribution in [2.24, 2.45) is 5.73 Å². The molecule has 0 aliphatic carbocycles. The first-order valence-electron chi connectivity index (χ1n) is 7.39. The molecule has 0 amide bonds. The SMILES string of the molecule is CC(C)(C)c1cccc(-c2cccc(CCC(=N)N)c2)c1. The molecule has 0 aliphatic heterocycles. The highest BCUT2D eigenvalue weighted by Gasteiger charge is 2.13. The van der Waals surface area contributed by atoms with Crippen LogP contribution in [-0.2, 0) is 11.8 Å². The molecule has 0 unspecified atom stereocenters. The van der Waals surface area contributed by atoms with E-state index < -0.39 is 0 Å². The van der Waals surface area contributed by atoms with Crippen molar-refractivity contribution in [1.82, 2.24) is 0 Å². The lowest BCUT2D eigenvalue weighted by Crippen LogP contribution is -2.10. The monoisotopic (exact) mass is 280 g/mol. The zero-order valence-electron chi connectivity index (χ0n) is 13.1. The second kappa shape index (κ2) is 6.13. The van der Waals surface area contributed by atoms with Crippen LogP contribution < -0.4 is 5.73 Å². The van der Waals surface area contributed by atoms with Crippen LogP contribution in [0.4, 0.5) is 0 Å². The van der Waals surface area contributed by atoms with Gasteiger partial charge in [-0.1, -0.05) is 69.3 Å². The van der Waals surface area contributed by atoms with Gasteiger partial charge in [-0.3, -0.25) is 5.41 Å². The maximum absolute atomic E-state index is 7.34. The minimum atomic E-state index is 0.155. The van der Waals surface area contributed by atoms with Crippen LogP contribution in [-0.4, -0.2) is 5.84 Å². The van der Waals surface area contributed by atoms with E-state index in [1.54, 1.807) is 0 Å². The zero-order valence-corrected chi connectivity index (χ0v) is 13.1. The van der Waals surface area contributed by atoms with Crippen LogP contribution in [0.1, 0.15) is 38.3 Å². The fourth-order valence-corrected chi connectivity index (χ4v) is 2.35. The van der Waals surface area contributed by atoms with E-state index in [0.29, 0.717) is 6.42 Å². The van der Waals surface area contributed by atoms with Gasteiger partial charge in [0.1, 0.15) is 0 Å². The fourth-order valence-electron chi connectivity index (χ4n) is 2.35. The maximum atomic E-state index is 7.34. The van der Waals surface area contributed by atoms with Crippen LogP contribution in [0.25, 0.3) is 11.1 Å². The van der Waals surface area contributed by atoms with E-state index >= 15 is 0 Å². The lowest BCUT2D eigenvalue weighted by molar-refractivity contribution is 0.590. The van der Waals surface area contributed by atoms with E-state index in [4.69, 9.17) is 11.1 Å². The lowest BCUT2D eigenvalue weighted by atomic mass is 9.85. The third-order valence-corrected chi connectivity index (χ3v) is 3.67. The van der Waals surface area contributed by atoms with Crippen molar-refractivity contribution in [3.8, 4) is 11.1 Å². The van der Waals surface area contributed by atoms with Gasteiger partial charge in [-0.15, -0.1) is 0 Å². The number of hydrogen-bond donors (Lipinski definition) is 2. The van der Waals surface area contributed by atoms with Gasteiger partial charge in [-0.2, -0.15) is 0 Å². The van der Waals surface area contributed by atoms with Crippen molar-refractivity contribution in [3.05, 3.63) is 59.7 Å². The molecule has 2 aromatic rings. The Morgan fingerprint density at radius 1 is 1.00 bits per heavy atom. The number of nitrogens with two attached hydrogens (primary N) is 1. The highest BCUT2D eigenvalue weighted by Crippen LogP contribution is 2.28. The molecule has 0 saturated carbocycles. The maximum Gasteiger partial charge on any atom is 0.0908 e. The lowest BCUT2D eigenvalue weighted by Gasteiger charge is -2.20. The Balaban J connectivity index is 2.30. The van der Waals surface area contributed by atoms with E-state index in [0.717, 1.165) is 6.42 Å². The molecule has 0 saturated heterocycles. The molecule has 0 heterocycles.